The fraction of sp³-hybridized carbons (Fsp3) is 0.222. The molecule has 12 heteroatoms. The number of imidazole rings is 1. The van der Waals surface area contributed by atoms with Gasteiger partial charge in [0.25, 0.3) is 0 Å². The van der Waals surface area contributed by atoms with Crippen LogP contribution in [0.25, 0.3) is 22.2 Å². The van der Waals surface area contributed by atoms with Crippen LogP contribution in [0.2, 0.25) is 0 Å². The number of amidine groups is 1. The fourth-order valence-electron chi connectivity index (χ4n) is 3.23. The number of rotatable bonds is 8. The van der Waals surface area contributed by atoms with E-state index in [4.69, 9.17) is 28.2 Å². The number of para-hydroxylation sites is 1. The van der Waals surface area contributed by atoms with Crippen molar-refractivity contribution in [3.8, 4) is 11.1 Å². The highest BCUT2D eigenvalue weighted by Gasteiger charge is 2.26. The van der Waals surface area contributed by atoms with Crippen LogP contribution in [-0.2, 0) is 16.4 Å². The molecule has 0 aliphatic heterocycles. The number of hydrogen-bond acceptors (Lipinski definition) is 8. The normalized spacial score (nSPS) is 12.6. The minimum absolute atomic E-state index is 0.137. The molecule has 0 aliphatic rings. The number of nitrogens with zero attached hydrogens (tertiary/aromatic N) is 2. The number of hydrazone groups is 1. The van der Waals surface area contributed by atoms with Gasteiger partial charge < -0.3 is 28.0 Å². The van der Waals surface area contributed by atoms with Gasteiger partial charge in [-0.1, -0.05) is 18.2 Å². The summed E-state index contributed by atoms with van der Waals surface area (Å²) in [5.41, 5.74) is 20.0. The zero-order valence-corrected chi connectivity index (χ0v) is 17.8. The van der Waals surface area contributed by atoms with E-state index in [9.17, 15) is 8.42 Å². The number of nitrogens with two attached hydrogens (primary N) is 5. The minimum atomic E-state index is -4.16. The maximum absolute atomic E-state index is 12.5. The highest BCUT2D eigenvalue weighted by Crippen LogP contribution is 2.37. The summed E-state index contributed by atoms with van der Waals surface area (Å²) in [6, 6.07) is 8.95. The van der Waals surface area contributed by atoms with Crippen molar-refractivity contribution in [2.75, 3.05) is 18.8 Å². The Morgan fingerprint density at radius 3 is 2.53 bits per heavy atom. The number of sulfonamides is 1. The second-order valence-electron chi connectivity index (χ2n) is 6.44. The molecular weight excluding hydrogens is 424 g/mol. The third-order valence-corrected chi connectivity index (χ3v) is 6.62. The van der Waals surface area contributed by atoms with Crippen LogP contribution >= 0.6 is 11.8 Å². The van der Waals surface area contributed by atoms with Crippen molar-refractivity contribution in [2.24, 2.45) is 33.3 Å². The molecule has 3 rings (SSSR count). The molecule has 2 aromatic carbocycles. The number of hydrogen-bond donors (Lipinski definition) is 6. The molecule has 0 radical (unpaired) electrons. The molecule has 160 valence electrons. The van der Waals surface area contributed by atoms with Crippen molar-refractivity contribution in [1.29, 1.82) is 0 Å². The molecule has 1 aromatic heterocycles. The van der Waals surface area contributed by atoms with Crippen LogP contribution in [0.15, 0.2) is 45.2 Å². The topological polar surface area (TPSA) is 205 Å². The smallest absolute Gasteiger partial charge is 0.239 e. The van der Waals surface area contributed by atoms with Crippen LogP contribution in [0, 0.1) is 0 Å². The Bertz CT molecular complexity index is 1200. The van der Waals surface area contributed by atoms with E-state index in [2.05, 4.69) is 15.1 Å². The molecule has 0 aliphatic carbocycles. The highest BCUT2D eigenvalue weighted by atomic mass is 32.2. The van der Waals surface area contributed by atoms with Gasteiger partial charge in [0.1, 0.15) is 10.7 Å². The quantitative estimate of drug-likeness (QED) is 0.0907. The Labute approximate surface area is 178 Å². The first-order chi connectivity index (χ1) is 14.3. The van der Waals surface area contributed by atoms with Gasteiger partial charge in [-0.15, -0.1) is 11.8 Å². The molecule has 0 fully saturated rings. The zero-order valence-electron chi connectivity index (χ0n) is 16.1. The lowest BCUT2D eigenvalue weighted by molar-refractivity contribution is 0.595. The Morgan fingerprint density at radius 1 is 1.13 bits per heavy atom. The molecule has 10 nitrogen and oxygen atoms in total. The summed E-state index contributed by atoms with van der Waals surface area (Å²) in [6.45, 7) is 0.804. The summed E-state index contributed by atoms with van der Waals surface area (Å²) in [5.74, 6) is 6.50. The van der Waals surface area contributed by atoms with Crippen LogP contribution in [0.4, 0.5) is 0 Å². The molecule has 30 heavy (non-hydrogen) atoms. The van der Waals surface area contributed by atoms with Gasteiger partial charge in [0.05, 0.1) is 11.0 Å². The average Bonchev–Trinajstić information content (AvgIpc) is 3.13. The van der Waals surface area contributed by atoms with Crippen molar-refractivity contribution in [3.05, 3.63) is 41.7 Å². The first-order valence-electron chi connectivity index (χ1n) is 9.06. The molecule has 0 saturated heterocycles. The van der Waals surface area contributed by atoms with E-state index >= 15 is 0 Å². The zero-order chi connectivity index (χ0) is 21.9. The van der Waals surface area contributed by atoms with E-state index in [-0.39, 0.29) is 16.3 Å². The molecule has 11 N–H and O–H groups in total. The lowest BCUT2D eigenvalue weighted by Crippen LogP contribution is -2.24. The summed E-state index contributed by atoms with van der Waals surface area (Å²) < 4.78 is 25.1. The number of thioether (sulfide) groups is 1. The molecule has 0 amide bonds. The third-order valence-electron chi connectivity index (χ3n) is 4.41. The number of aromatic amines is 1. The lowest BCUT2D eigenvalue weighted by Gasteiger charge is -2.17. The van der Waals surface area contributed by atoms with Crippen LogP contribution in [0.1, 0.15) is 11.4 Å². The van der Waals surface area contributed by atoms with Crippen molar-refractivity contribution in [2.45, 2.75) is 16.2 Å². The average molecular weight is 449 g/mol. The minimum Gasteiger partial charge on any atom is -0.382 e. The van der Waals surface area contributed by atoms with Gasteiger partial charge in [-0.05, 0) is 24.2 Å². The van der Waals surface area contributed by atoms with E-state index in [1.54, 1.807) is 12.1 Å². The number of fused-ring (bicyclic) bond motifs is 1. The summed E-state index contributed by atoms with van der Waals surface area (Å²) >= 11 is 1.26. The van der Waals surface area contributed by atoms with Gasteiger partial charge in [-0.2, -0.15) is 5.10 Å². The number of aromatic nitrogens is 2. The van der Waals surface area contributed by atoms with Crippen molar-refractivity contribution < 1.29 is 8.42 Å². The Morgan fingerprint density at radius 2 is 1.90 bits per heavy atom. The predicted octanol–water partition coefficient (Wildman–Crippen LogP) is 0.00830. The van der Waals surface area contributed by atoms with Crippen LogP contribution in [0.3, 0.4) is 0 Å². The fourth-order valence-corrected chi connectivity index (χ4v) is 5.34. The lowest BCUT2D eigenvalue weighted by atomic mass is 9.97. The van der Waals surface area contributed by atoms with E-state index < -0.39 is 10.0 Å². The van der Waals surface area contributed by atoms with Crippen molar-refractivity contribution in [3.63, 3.8) is 0 Å². The largest absolute Gasteiger partial charge is 0.382 e. The number of nitrogens with one attached hydrogen (secondary N) is 1. The first kappa shape index (κ1) is 22.1. The summed E-state index contributed by atoms with van der Waals surface area (Å²) in [6.07, 6.45) is 0.574. The second kappa shape index (κ2) is 9.02. The molecule has 0 unspecified atom stereocenters. The monoisotopic (exact) mass is 448 g/mol. The van der Waals surface area contributed by atoms with Gasteiger partial charge in [0.15, 0.2) is 5.84 Å². The van der Waals surface area contributed by atoms with E-state index in [0.717, 1.165) is 11.3 Å². The maximum atomic E-state index is 12.5. The number of primary sulfonamides is 1. The predicted molar refractivity (Wildman–Crippen MR) is 120 cm³/mol. The number of H-pyrrole nitrogens is 1. The second-order valence-corrected chi connectivity index (χ2v) is 9.07. The molecular formula is C18H24N8O2S2. The molecule has 0 atom stereocenters. The summed E-state index contributed by atoms with van der Waals surface area (Å²) in [7, 11) is -4.16. The van der Waals surface area contributed by atoms with E-state index in [0.29, 0.717) is 46.8 Å². The van der Waals surface area contributed by atoms with Gasteiger partial charge in [-0.3, -0.25) is 0 Å². The number of benzene rings is 2. The van der Waals surface area contributed by atoms with Gasteiger partial charge >= 0.3 is 0 Å². The standard InChI is InChI=1S/C18H24N8O2S2/c19-7-6-14-24-12-3-1-2-11(16(12)25-14)10-4-5-13(29-9-8-20)17(30(23,27)28)15(10)18(21)26-22/h1-5H,6-9,19-20,22H2,(H2,21,26)(H,24,25)(H2,23,27,28). The Kier molecular flexibility index (Phi) is 6.63. The SMILES string of the molecule is NCCSc1ccc(-c2cccc3[nH]c(CCN)nc23)c(/C(N)=N/N)c1S(N)(=O)=O. The molecule has 0 spiro atoms. The van der Waals surface area contributed by atoms with Gasteiger partial charge in [0, 0.05) is 34.7 Å². The van der Waals surface area contributed by atoms with Gasteiger partial charge in [-0.25, -0.2) is 18.5 Å². The maximum Gasteiger partial charge on any atom is 0.239 e. The molecule has 3 aromatic rings. The van der Waals surface area contributed by atoms with E-state index in [1.807, 2.05) is 18.2 Å². The van der Waals surface area contributed by atoms with Crippen LogP contribution in [-0.4, -0.2) is 43.1 Å². The molecule has 0 saturated carbocycles. The van der Waals surface area contributed by atoms with Crippen LogP contribution < -0.4 is 28.2 Å². The third kappa shape index (κ3) is 4.27. The van der Waals surface area contributed by atoms with Crippen LogP contribution in [0.5, 0.6) is 0 Å². The molecule has 0 bridgehead atoms. The first-order valence-corrected chi connectivity index (χ1v) is 11.6. The highest BCUT2D eigenvalue weighted by molar-refractivity contribution is 8.00. The Balaban J connectivity index is 2.37. The van der Waals surface area contributed by atoms with E-state index in [1.165, 1.54) is 11.8 Å². The van der Waals surface area contributed by atoms with Gasteiger partial charge in [0.2, 0.25) is 10.0 Å². The Hall–Kier alpha value is -2.64. The summed E-state index contributed by atoms with van der Waals surface area (Å²) in [5, 5.41) is 9.12. The van der Waals surface area contributed by atoms with Crippen molar-refractivity contribution >= 4 is 38.7 Å². The van der Waals surface area contributed by atoms with Crippen molar-refractivity contribution in [1.82, 2.24) is 9.97 Å². The molecule has 1 heterocycles. The summed E-state index contributed by atoms with van der Waals surface area (Å²) in [4.78, 5) is 8.12.